The third-order valence-electron chi connectivity index (χ3n) is 5.78. The van der Waals surface area contributed by atoms with E-state index >= 15 is 0 Å². The smallest absolute Gasteiger partial charge is 0.337 e. The van der Waals surface area contributed by atoms with Gasteiger partial charge in [0, 0.05) is 12.1 Å². The van der Waals surface area contributed by atoms with Crippen molar-refractivity contribution in [3.05, 3.63) is 123 Å². The molecule has 2 heterocycles. The highest BCUT2D eigenvalue weighted by Crippen LogP contribution is 2.17. The molecule has 0 fully saturated rings. The summed E-state index contributed by atoms with van der Waals surface area (Å²) < 4.78 is 37.0. The molecule has 0 N–H and O–H groups in total. The van der Waals surface area contributed by atoms with Gasteiger partial charge < -0.3 is 9.30 Å². The highest BCUT2D eigenvalue weighted by atomic mass is 19.1. The fourth-order valence-electron chi connectivity index (χ4n) is 3.99. The first kappa shape index (κ1) is 22.3. The van der Waals surface area contributed by atoms with E-state index in [4.69, 9.17) is 4.74 Å². The van der Waals surface area contributed by atoms with E-state index in [1.807, 2.05) is 12.1 Å². The van der Waals surface area contributed by atoms with Gasteiger partial charge >= 0.3 is 5.69 Å². The van der Waals surface area contributed by atoms with E-state index in [9.17, 15) is 18.4 Å². The van der Waals surface area contributed by atoms with Crippen molar-refractivity contribution in [2.75, 3.05) is 7.11 Å². The predicted octanol–water partition coefficient (Wildman–Crippen LogP) is 3.73. The number of benzene rings is 3. The second kappa shape index (κ2) is 9.02. The molecule has 7 nitrogen and oxygen atoms in total. The van der Waals surface area contributed by atoms with Crippen LogP contribution in [0.1, 0.15) is 11.1 Å². The highest BCUT2D eigenvalue weighted by Gasteiger charge is 2.20. The SMILES string of the molecule is COc1ccc(Cn2cnc3c2c(=O)n(Cc2ccccc2F)c(=O)n3-c2ccc(F)cc2)cc1. The number of hydrogen-bond donors (Lipinski definition) is 0. The molecule has 9 heteroatoms. The fourth-order valence-corrected chi connectivity index (χ4v) is 3.99. The van der Waals surface area contributed by atoms with Crippen LogP contribution in [0.4, 0.5) is 8.78 Å². The van der Waals surface area contributed by atoms with Gasteiger partial charge in [-0.3, -0.25) is 9.36 Å². The summed E-state index contributed by atoms with van der Waals surface area (Å²) in [6.07, 6.45) is 1.48. The number of fused-ring (bicyclic) bond motifs is 1. The number of hydrogen-bond acceptors (Lipinski definition) is 4. The Morgan fingerprint density at radius 2 is 1.60 bits per heavy atom. The van der Waals surface area contributed by atoms with E-state index < -0.39 is 22.9 Å². The average Bonchev–Trinajstić information content (AvgIpc) is 3.27. The Hall–Kier alpha value is -4.53. The van der Waals surface area contributed by atoms with Gasteiger partial charge in [-0.15, -0.1) is 0 Å². The van der Waals surface area contributed by atoms with Crippen LogP contribution < -0.4 is 16.0 Å². The molecule has 0 radical (unpaired) electrons. The summed E-state index contributed by atoms with van der Waals surface area (Å²) in [5.74, 6) is -0.302. The van der Waals surface area contributed by atoms with Crippen LogP contribution in [0.25, 0.3) is 16.9 Å². The predicted molar refractivity (Wildman–Crippen MR) is 127 cm³/mol. The molecule has 0 spiro atoms. The Balaban J connectivity index is 1.73. The number of rotatable bonds is 6. The van der Waals surface area contributed by atoms with Crippen molar-refractivity contribution in [2.45, 2.75) is 13.1 Å². The summed E-state index contributed by atoms with van der Waals surface area (Å²) in [5.41, 5.74) is 0.400. The topological polar surface area (TPSA) is 71.1 Å². The third-order valence-corrected chi connectivity index (χ3v) is 5.78. The van der Waals surface area contributed by atoms with Crippen LogP contribution in [0.5, 0.6) is 5.75 Å². The molecular weight excluding hydrogens is 454 g/mol. The Morgan fingerprint density at radius 1 is 0.886 bits per heavy atom. The minimum atomic E-state index is -0.702. The third kappa shape index (κ3) is 4.12. The molecule has 2 aromatic heterocycles. The molecule has 0 amide bonds. The van der Waals surface area contributed by atoms with Crippen LogP contribution in [0.2, 0.25) is 0 Å². The number of nitrogens with zero attached hydrogens (tertiary/aromatic N) is 4. The van der Waals surface area contributed by atoms with Crippen molar-refractivity contribution in [2.24, 2.45) is 0 Å². The number of halogens is 2. The largest absolute Gasteiger partial charge is 0.497 e. The van der Waals surface area contributed by atoms with Crippen LogP contribution in [0.15, 0.2) is 88.7 Å². The summed E-state index contributed by atoms with van der Waals surface area (Å²) in [5, 5.41) is 0. The van der Waals surface area contributed by atoms with Crippen LogP contribution >= 0.6 is 0 Å². The second-order valence-corrected chi connectivity index (χ2v) is 7.97. The minimum Gasteiger partial charge on any atom is -0.497 e. The van der Waals surface area contributed by atoms with Gasteiger partial charge in [-0.1, -0.05) is 30.3 Å². The molecule has 0 aliphatic heterocycles. The first-order chi connectivity index (χ1) is 17.0. The fraction of sp³-hybridized carbons (Fsp3) is 0.115. The van der Waals surface area contributed by atoms with Crippen LogP contribution in [-0.4, -0.2) is 25.8 Å². The van der Waals surface area contributed by atoms with Gasteiger partial charge in [0.05, 0.1) is 25.7 Å². The standard InChI is InChI=1S/C26H20F2N4O3/c1-35-21-12-6-17(7-13-21)14-30-16-29-24-23(30)25(33)31(15-18-4-2-3-5-22(18)28)26(34)32(24)20-10-8-19(27)9-11-20/h2-13,16H,14-15H2,1H3. The van der Waals surface area contributed by atoms with E-state index in [-0.39, 0.29) is 23.3 Å². The maximum atomic E-state index is 14.4. The molecular formula is C26H20F2N4O3. The van der Waals surface area contributed by atoms with E-state index in [2.05, 4.69) is 4.98 Å². The molecule has 0 saturated carbocycles. The van der Waals surface area contributed by atoms with Gasteiger partial charge in [0.1, 0.15) is 17.4 Å². The lowest BCUT2D eigenvalue weighted by Gasteiger charge is -2.13. The molecule has 0 aliphatic carbocycles. The van der Waals surface area contributed by atoms with Gasteiger partial charge in [-0.2, -0.15) is 0 Å². The lowest BCUT2D eigenvalue weighted by molar-refractivity contribution is 0.414. The van der Waals surface area contributed by atoms with Gasteiger partial charge in [-0.05, 0) is 48.0 Å². The lowest BCUT2D eigenvalue weighted by Crippen LogP contribution is -2.40. The van der Waals surface area contributed by atoms with Crippen LogP contribution in [-0.2, 0) is 13.1 Å². The van der Waals surface area contributed by atoms with E-state index in [0.717, 1.165) is 10.1 Å². The summed E-state index contributed by atoms with van der Waals surface area (Å²) in [6.45, 7) is 0.0340. The number of aromatic nitrogens is 4. The van der Waals surface area contributed by atoms with Crippen molar-refractivity contribution in [3.8, 4) is 11.4 Å². The molecule has 5 rings (SSSR count). The summed E-state index contributed by atoms with van der Waals surface area (Å²) >= 11 is 0. The van der Waals surface area contributed by atoms with Gasteiger partial charge in [-0.25, -0.2) is 23.1 Å². The second-order valence-electron chi connectivity index (χ2n) is 7.97. The minimum absolute atomic E-state index is 0.130. The Kier molecular flexibility index (Phi) is 5.74. The number of ether oxygens (including phenoxy) is 1. The zero-order chi connectivity index (χ0) is 24.5. The van der Waals surface area contributed by atoms with Crippen molar-refractivity contribution in [1.29, 1.82) is 0 Å². The summed E-state index contributed by atoms with van der Waals surface area (Å²) in [6, 6.07) is 18.6. The molecule has 35 heavy (non-hydrogen) atoms. The van der Waals surface area contributed by atoms with Crippen LogP contribution in [0.3, 0.4) is 0 Å². The Labute approximate surface area is 198 Å². The van der Waals surface area contributed by atoms with E-state index in [1.165, 1.54) is 53.4 Å². The summed E-state index contributed by atoms with van der Waals surface area (Å²) in [4.78, 5) is 31.4. The number of methoxy groups -OCH3 is 1. The average molecular weight is 474 g/mol. The van der Waals surface area contributed by atoms with Gasteiger partial charge in [0.2, 0.25) is 0 Å². The molecule has 0 bridgehead atoms. The van der Waals surface area contributed by atoms with Crippen molar-refractivity contribution >= 4 is 11.2 Å². The van der Waals surface area contributed by atoms with Crippen molar-refractivity contribution in [1.82, 2.24) is 18.7 Å². The number of imidazole rings is 1. The molecule has 0 aliphatic rings. The zero-order valence-electron chi connectivity index (χ0n) is 18.7. The first-order valence-corrected chi connectivity index (χ1v) is 10.8. The lowest BCUT2D eigenvalue weighted by atomic mass is 10.2. The maximum absolute atomic E-state index is 14.4. The first-order valence-electron chi connectivity index (χ1n) is 10.8. The molecule has 0 unspecified atom stereocenters. The molecule has 0 saturated heterocycles. The van der Waals surface area contributed by atoms with Crippen molar-refractivity contribution in [3.63, 3.8) is 0 Å². The highest BCUT2D eigenvalue weighted by molar-refractivity contribution is 5.72. The molecule has 5 aromatic rings. The molecule has 0 atom stereocenters. The normalized spacial score (nSPS) is 11.2. The molecule has 176 valence electrons. The van der Waals surface area contributed by atoms with E-state index in [0.29, 0.717) is 18.0 Å². The summed E-state index contributed by atoms with van der Waals surface area (Å²) in [7, 11) is 1.57. The van der Waals surface area contributed by atoms with Gasteiger partial charge in [0.15, 0.2) is 11.2 Å². The van der Waals surface area contributed by atoms with Gasteiger partial charge in [0.25, 0.3) is 5.56 Å². The van der Waals surface area contributed by atoms with Crippen LogP contribution in [0, 0.1) is 11.6 Å². The monoisotopic (exact) mass is 474 g/mol. The maximum Gasteiger partial charge on any atom is 0.337 e. The van der Waals surface area contributed by atoms with E-state index in [1.54, 1.807) is 29.9 Å². The zero-order valence-corrected chi connectivity index (χ0v) is 18.7. The Morgan fingerprint density at radius 3 is 2.29 bits per heavy atom. The molecule has 3 aromatic carbocycles. The Bertz CT molecular complexity index is 1640. The quantitative estimate of drug-likeness (QED) is 0.376. The van der Waals surface area contributed by atoms with Crippen molar-refractivity contribution < 1.29 is 13.5 Å².